The van der Waals surface area contributed by atoms with Gasteiger partial charge in [0.25, 0.3) is 0 Å². The number of nitrogens with one attached hydrogen (secondary N) is 1. The number of aromatic nitrogens is 2. The summed E-state index contributed by atoms with van der Waals surface area (Å²) in [6, 6.07) is 7.53. The van der Waals surface area contributed by atoms with Crippen LogP contribution in [0, 0.1) is 0 Å². The number of ether oxygens (including phenoxy) is 1. The lowest BCUT2D eigenvalue weighted by molar-refractivity contribution is -0.138. The molecule has 6 heteroatoms. The van der Waals surface area contributed by atoms with E-state index in [2.05, 4.69) is 16.9 Å². The zero-order chi connectivity index (χ0) is 18.2. The summed E-state index contributed by atoms with van der Waals surface area (Å²) in [5, 5.41) is 9.96. The molecular formula is C19H25ClN2O3. The Morgan fingerprint density at radius 2 is 2.08 bits per heavy atom. The summed E-state index contributed by atoms with van der Waals surface area (Å²) in [5.41, 5.74) is 1.31. The van der Waals surface area contributed by atoms with Crippen molar-refractivity contribution in [3.8, 4) is 5.75 Å². The van der Waals surface area contributed by atoms with Crippen molar-refractivity contribution in [3.05, 3.63) is 46.5 Å². The molecule has 0 saturated carbocycles. The van der Waals surface area contributed by atoms with E-state index in [1.807, 2.05) is 31.2 Å². The first-order valence-corrected chi connectivity index (χ1v) is 9.12. The second-order valence-corrected chi connectivity index (χ2v) is 6.40. The van der Waals surface area contributed by atoms with Crippen LogP contribution in [0.25, 0.3) is 0 Å². The van der Waals surface area contributed by atoms with Gasteiger partial charge in [-0.05, 0) is 30.9 Å². The number of unbranched alkanes of at least 4 members (excludes halogenated alkanes) is 1. The Bertz CT molecular complexity index is 700. The molecular weight excluding hydrogens is 340 g/mol. The fraction of sp³-hybridized carbons (Fsp3) is 0.474. The standard InChI is InChI=1S/C19H25ClN2O3/c1-3-5-10-16-21-17(18(20)22-16)14(19(23)24)12-13-8-6-7-9-15(13)25-11-4-2/h6-9,14H,3-5,10-12H2,1-2H3,(H,21,22)(H,23,24). The van der Waals surface area contributed by atoms with Crippen molar-refractivity contribution >= 4 is 17.6 Å². The minimum Gasteiger partial charge on any atom is -0.493 e. The molecule has 0 saturated heterocycles. The maximum Gasteiger partial charge on any atom is 0.312 e. The molecule has 1 atom stereocenters. The highest BCUT2D eigenvalue weighted by Crippen LogP contribution is 2.30. The molecule has 0 bridgehead atoms. The van der Waals surface area contributed by atoms with Crippen molar-refractivity contribution in [2.75, 3.05) is 6.61 Å². The number of aromatic amines is 1. The summed E-state index contributed by atoms with van der Waals surface area (Å²) in [6.07, 6.45) is 3.97. The first-order chi connectivity index (χ1) is 12.1. The Kier molecular flexibility index (Phi) is 7.31. The van der Waals surface area contributed by atoms with Gasteiger partial charge in [-0.15, -0.1) is 0 Å². The Morgan fingerprint density at radius 3 is 2.76 bits per heavy atom. The van der Waals surface area contributed by atoms with Crippen LogP contribution in [0.2, 0.25) is 5.15 Å². The largest absolute Gasteiger partial charge is 0.493 e. The number of halogens is 1. The van der Waals surface area contributed by atoms with Crippen LogP contribution in [0.3, 0.4) is 0 Å². The van der Waals surface area contributed by atoms with Gasteiger partial charge < -0.3 is 14.8 Å². The SMILES string of the molecule is CCCCc1nc(Cl)c(C(Cc2ccccc2OCCC)C(=O)O)[nH]1. The third-order valence-corrected chi connectivity index (χ3v) is 4.29. The summed E-state index contributed by atoms with van der Waals surface area (Å²) >= 11 is 6.22. The van der Waals surface area contributed by atoms with Crippen LogP contribution in [0.4, 0.5) is 0 Å². The number of H-pyrrole nitrogens is 1. The van der Waals surface area contributed by atoms with Crippen molar-refractivity contribution < 1.29 is 14.6 Å². The van der Waals surface area contributed by atoms with E-state index in [1.54, 1.807) is 0 Å². The van der Waals surface area contributed by atoms with Crippen LogP contribution in [0.1, 0.15) is 56.1 Å². The van der Waals surface area contributed by atoms with Gasteiger partial charge in [0.05, 0.1) is 12.3 Å². The maximum absolute atomic E-state index is 11.9. The second kappa shape index (κ2) is 9.47. The number of hydrogen-bond donors (Lipinski definition) is 2. The molecule has 0 aliphatic heterocycles. The Hall–Kier alpha value is -2.01. The number of rotatable bonds is 10. The number of carboxylic acid groups (broad SMARTS) is 1. The van der Waals surface area contributed by atoms with Gasteiger partial charge in [-0.1, -0.05) is 50.1 Å². The predicted molar refractivity (Wildman–Crippen MR) is 98.5 cm³/mol. The number of nitrogens with zero attached hydrogens (tertiary/aromatic N) is 1. The fourth-order valence-electron chi connectivity index (χ4n) is 2.67. The van der Waals surface area contributed by atoms with Gasteiger partial charge in [0.1, 0.15) is 17.5 Å². The number of benzene rings is 1. The van der Waals surface area contributed by atoms with E-state index < -0.39 is 11.9 Å². The number of carbonyl (C=O) groups is 1. The fourth-order valence-corrected chi connectivity index (χ4v) is 2.95. The molecule has 1 aromatic carbocycles. The summed E-state index contributed by atoms with van der Waals surface area (Å²) in [5.74, 6) is -0.263. The smallest absolute Gasteiger partial charge is 0.312 e. The van der Waals surface area contributed by atoms with Gasteiger partial charge >= 0.3 is 5.97 Å². The molecule has 2 N–H and O–H groups in total. The molecule has 0 amide bonds. The summed E-state index contributed by atoms with van der Waals surface area (Å²) in [7, 11) is 0. The third-order valence-electron chi connectivity index (χ3n) is 4.01. The van der Waals surface area contributed by atoms with Gasteiger partial charge in [0, 0.05) is 6.42 Å². The van der Waals surface area contributed by atoms with Crippen LogP contribution in [0.15, 0.2) is 24.3 Å². The molecule has 0 aliphatic carbocycles. The maximum atomic E-state index is 11.9. The number of hydrogen-bond acceptors (Lipinski definition) is 3. The van der Waals surface area contributed by atoms with Crippen LogP contribution < -0.4 is 4.74 Å². The van der Waals surface area contributed by atoms with Crippen molar-refractivity contribution in [3.63, 3.8) is 0 Å². The predicted octanol–water partition coefficient (Wildman–Crippen LogP) is 4.61. The molecule has 0 spiro atoms. The Labute approximate surface area is 153 Å². The zero-order valence-electron chi connectivity index (χ0n) is 14.7. The topological polar surface area (TPSA) is 75.2 Å². The molecule has 0 radical (unpaired) electrons. The minimum atomic E-state index is -0.933. The monoisotopic (exact) mass is 364 g/mol. The molecule has 136 valence electrons. The number of imidazole rings is 1. The lowest BCUT2D eigenvalue weighted by Gasteiger charge is -2.15. The molecule has 0 aliphatic rings. The molecule has 25 heavy (non-hydrogen) atoms. The highest BCUT2D eigenvalue weighted by molar-refractivity contribution is 6.30. The van der Waals surface area contributed by atoms with Gasteiger partial charge in [-0.3, -0.25) is 4.79 Å². The average molecular weight is 365 g/mol. The molecule has 2 rings (SSSR count). The number of aliphatic carboxylic acids is 1. The summed E-state index contributed by atoms with van der Waals surface area (Å²) < 4.78 is 5.74. The Morgan fingerprint density at radius 1 is 1.32 bits per heavy atom. The molecule has 2 aromatic rings. The van der Waals surface area contributed by atoms with Crippen LogP contribution in [0.5, 0.6) is 5.75 Å². The Balaban J connectivity index is 2.25. The molecule has 1 heterocycles. The van der Waals surface area contributed by atoms with E-state index in [4.69, 9.17) is 16.3 Å². The molecule has 1 aromatic heterocycles. The first-order valence-electron chi connectivity index (χ1n) is 8.74. The number of aryl methyl sites for hydroxylation is 1. The normalized spacial score (nSPS) is 12.1. The molecule has 1 unspecified atom stereocenters. The van der Waals surface area contributed by atoms with Crippen molar-refractivity contribution in [1.29, 1.82) is 0 Å². The van der Waals surface area contributed by atoms with E-state index in [1.165, 1.54) is 0 Å². The number of carboxylic acids is 1. The third kappa shape index (κ3) is 5.23. The van der Waals surface area contributed by atoms with E-state index in [0.29, 0.717) is 18.7 Å². The van der Waals surface area contributed by atoms with E-state index in [0.717, 1.165) is 42.8 Å². The van der Waals surface area contributed by atoms with Gasteiger partial charge in [0.2, 0.25) is 0 Å². The van der Waals surface area contributed by atoms with E-state index >= 15 is 0 Å². The van der Waals surface area contributed by atoms with Gasteiger partial charge in [-0.2, -0.15) is 0 Å². The molecule has 5 nitrogen and oxygen atoms in total. The van der Waals surface area contributed by atoms with E-state index in [-0.39, 0.29) is 5.15 Å². The van der Waals surface area contributed by atoms with Gasteiger partial charge in [0.15, 0.2) is 5.15 Å². The average Bonchev–Trinajstić information content (AvgIpc) is 2.97. The van der Waals surface area contributed by atoms with Gasteiger partial charge in [-0.25, -0.2) is 4.98 Å². The van der Waals surface area contributed by atoms with Crippen LogP contribution >= 0.6 is 11.6 Å². The summed E-state index contributed by atoms with van der Waals surface area (Å²) in [6.45, 7) is 4.73. The summed E-state index contributed by atoms with van der Waals surface area (Å²) in [4.78, 5) is 19.3. The van der Waals surface area contributed by atoms with Crippen molar-refractivity contribution in [1.82, 2.24) is 9.97 Å². The first kappa shape index (κ1) is 19.3. The zero-order valence-corrected chi connectivity index (χ0v) is 15.5. The highest BCUT2D eigenvalue weighted by atomic mass is 35.5. The highest BCUT2D eigenvalue weighted by Gasteiger charge is 2.27. The second-order valence-electron chi connectivity index (χ2n) is 6.04. The van der Waals surface area contributed by atoms with Crippen molar-refractivity contribution in [2.45, 2.75) is 51.9 Å². The minimum absolute atomic E-state index is 0.241. The lowest BCUT2D eigenvalue weighted by Crippen LogP contribution is -2.16. The van der Waals surface area contributed by atoms with E-state index in [9.17, 15) is 9.90 Å². The van der Waals surface area contributed by atoms with Crippen molar-refractivity contribution in [2.24, 2.45) is 0 Å². The lowest BCUT2D eigenvalue weighted by atomic mass is 9.96. The van der Waals surface area contributed by atoms with Crippen LogP contribution in [-0.4, -0.2) is 27.7 Å². The van der Waals surface area contributed by atoms with Crippen LogP contribution in [-0.2, 0) is 17.6 Å². The molecule has 0 fully saturated rings. The quantitative estimate of drug-likeness (QED) is 0.645. The number of para-hydroxylation sites is 1.